The predicted octanol–water partition coefficient (Wildman–Crippen LogP) is 4.15. The molecule has 0 aliphatic heterocycles. The van der Waals surface area contributed by atoms with Gasteiger partial charge in [-0.05, 0) is 53.9 Å². The van der Waals surface area contributed by atoms with Crippen LogP contribution in [0.5, 0.6) is 0 Å². The van der Waals surface area contributed by atoms with E-state index in [1.54, 1.807) is 12.3 Å². The first-order valence-electron chi connectivity index (χ1n) is 9.02. The molecule has 28 heavy (non-hydrogen) atoms. The van der Waals surface area contributed by atoms with E-state index in [2.05, 4.69) is 47.9 Å². The van der Waals surface area contributed by atoms with Crippen LogP contribution in [0.4, 0.5) is 22.0 Å². The third-order valence-electron chi connectivity index (χ3n) is 4.70. The summed E-state index contributed by atoms with van der Waals surface area (Å²) in [5.41, 5.74) is 2.35. The molecule has 0 radical (unpaired) electrons. The Balaban J connectivity index is 1.80. The molecular weight excluding hydrogens is 424 g/mol. The summed E-state index contributed by atoms with van der Waals surface area (Å²) in [5, 5.41) is 27.5. The minimum atomic E-state index is -1.02. The number of pyridine rings is 2. The number of hydrogen-bond acceptors (Lipinski definition) is 6. The Labute approximate surface area is 171 Å². The van der Waals surface area contributed by atoms with Gasteiger partial charge in [0.15, 0.2) is 5.69 Å². The van der Waals surface area contributed by atoms with E-state index < -0.39 is 6.09 Å². The monoisotopic (exact) mass is 444 g/mol. The molecule has 2 heterocycles. The van der Waals surface area contributed by atoms with Crippen LogP contribution in [0, 0.1) is 18.3 Å². The molecule has 3 rings (SSSR count). The van der Waals surface area contributed by atoms with E-state index in [4.69, 9.17) is 5.11 Å². The molecule has 0 bridgehead atoms. The van der Waals surface area contributed by atoms with Crippen LogP contribution < -0.4 is 16.0 Å². The maximum Gasteiger partial charge on any atom is 0.404 e. The Morgan fingerprint density at radius 3 is 2.75 bits per heavy atom. The standard InChI is InChI=1S/C19H21BrN6O2/c1-11-13(20)6-7-18(23-11)25-16-8-12(10-22-17(16)9-21)24-14-4-2-3-5-15(14)26-19(27)28/h6-8,10,14-15,24,26H,2-5H2,1H3,(H,23,25)(H,27,28). The molecule has 0 spiro atoms. The zero-order valence-corrected chi connectivity index (χ0v) is 17.0. The molecule has 0 aromatic carbocycles. The van der Waals surface area contributed by atoms with Crippen molar-refractivity contribution in [1.82, 2.24) is 15.3 Å². The second kappa shape index (κ2) is 8.89. The number of aryl methyl sites for hydroxylation is 1. The third-order valence-corrected chi connectivity index (χ3v) is 5.54. The van der Waals surface area contributed by atoms with Crippen molar-refractivity contribution in [2.75, 3.05) is 10.6 Å². The van der Waals surface area contributed by atoms with Crippen molar-refractivity contribution < 1.29 is 9.90 Å². The lowest BCUT2D eigenvalue weighted by Gasteiger charge is -2.32. The van der Waals surface area contributed by atoms with Gasteiger partial charge in [0.2, 0.25) is 0 Å². The van der Waals surface area contributed by atoms with Gasteiger partial charge in [-0.15, -0.1) is 0 Å². The number of nitriles is 1. The number of rotatable bonds is 5. The van der Waals surface area contributed by atoms with Crippen LogP contribution in [0.25, 0.3) is 0 Å². The molecule has 1 fully saturated rings. The van der Waals surface area contributed by atoms with Gasteiger partial charge >= 0.3 is 6.09 Å². The quantitative estimate of drug-likeness (QED) is 0.545. The molecule has 4 N–H and O–H groups in total. The smallest absolute Gasteiger partial charge is 0.404 e. The topological polar surface area (TPSA) is 123 Å². The lowest BCUT2D eigenvalue weighted by molar-refractivity contribution is 0.184. The number of carboxylic acid groups (broad SMARTS) is 1. The van der Waals surface area contributed by atoms with Crippen molar-refractivity contribution in [3.8, 4) is 6.07 Å². The normalized spacial score (nSPS) is 18.8. The maximum absolute atomic E-state index is 11.1. The Kier molecular flexibility index (Phi) is 6.31. The predicted molar refractivity (Wildman–Crippen MR) is 110 cm³/mol. The first kappa shape index (κ1) is 19.9. The number of aromatic nitrogens is 2. The fourth-order valence-electron chi connectivity index (χ4n) is 3.33. The largest absolute Gasteiger partial charge is 0.465 e. The lowest BCUT2D eigenvalue weighted by atomic mass is 9.90. The van der Waals surface area contributed by atoms with Crippen LogP contribution in [-0.4, -0.2) is 33.3 Å². The minimum Gasteiger partial charge on any atom is -0.465 e. The molecule has 2 aromatic heterocycles. The van der Waals surface area contributed by atoms with Crippen molar-refractivity contribution in [3.05, 3.63) is 40.3 Å². The van der Waals surface area contributed by atoms with Gasteiger partial charge in [-0.25, -0.2) is 14.8 Å². The van der Waals surface area contributed by atoms with Gasteiger partial charge in [0.25, 0.3) is 0 Å². The molecule has 1 saturated carbocycles. The van der Waals surface area contributed by atoms with Crippen LogP contribution in [0.2, 0.25) is 0 Å². The Bertz CT molecular complexity index is 914. The van der Waals surface area contributed by atoms with E-state index in [0.29, 0.717) is 11.5 Å². The summed E-state index contributed by atoms with van der Waals surface area (Å²) in [4.78, 5) is 19.7. The summed E-state index contributed by atoms with van der Waals surface area (Å²) < 4.78 is 0.904. The second-order valence-corrected chi connectivity index (χ2v) is 7.57. The Morgan fingerprint density at radius 1 is 1.32 bits per heavy atom. The van der Waals surface area contributed by atoms with Crippen LogP contribution in [-0.2, 0) is 0 Å². The highest BCUT2D eigenvalue weighted by Gasteiger charge is 2.26. The number of nitrogens with zero attached hydrogens (tertiary/aromatic N) is 3. The summed E-state index contributed by atoms with van der Waals surface area (Å²) in [6.07, 6.45) is 4.26. The van der Waals surface area contributed by atoms with E-state index in [9.17, 15) is 10.1 Å². The number of anilines is 3. The van der Waals surface area contributed by atoms with Gasteiger partial charge in [0, 0.05) is 10.5 Å². The number of hydrogen-bond donors (Lipinski definition) is 4. The SMILES string of the molecule is Cc1nc(Nc2cc(NC3CCCCC3NC(=O)O)cnc2C#N)ccc1Br. The van der Waals surface area contributed by atoms with Crippen molar-refractivity contribution in [3.63, 3.8) is 0 Å². The number of nitrogens with one attached hydrogen (secondary N) is 3. The summed E-state index contributed by atoms with van der Waals surface area (Å²) in [6.45, 7) is 1.88. The highest BCUT2D eigenvalue weighted by molar-refractivity contribution is 9.10. The van der Waals surface area contributed by atoms with Crippen molar-refractivity contribution >= 4 is 39.2 Å². The molecule has 9 heteroatoms. The molecule has 0 saturated heterocycles. The second-order valence-electron chi connectivity index (χ2n) is 6.71. The van der Waals surface area contributed by atoms with Gasteiger partial charge in [-0.1, -0.05) is 12.8 Å². The van der Waals surface area contributed by atoms with Crippen molar-refractivity contribution in [1.29, 1.82) is 5.26 Å². The number of carbonyl (C=O) groups is 1. The van der Waals surface area contributed by atoms with Crippen LogP contribution in [0.3, 0.4) is 0 Å². The maximum atomic E-state index is 11.1. The number of amides is 1. The molecule has 1 aliphatic carbocycles. The molecule has 2 aromatic rings. The number of halogens is 1. The average Bonchev–Trinajstić information content (AvgIpc) is 2.66. The molecule has 2 unspecified atom stereocenters. The molecular formula is C19H21BrN6O2. The molecule has 146 valence electrons. The first-order valence-corrected chi connectivity index (χ1v) is 9.82. The van der Waals surface area contributed by atoms with E-state index >= 15 is 0 Å². The summed E-state index contributed by atoms with van der Waals surface area (Å²) in [7, 11) is 0. The lowest BCUT2D eigenvalue weighted by Crippen LogP contribution is -2.48. The summed E-state index contributed by atoms with van der Waals surface area (Å²) >= 11 is 3.42. The summed E-state index contributed by atoms with van der Waals surface area (Å²) in [5.74, 6) is 0.610. The highest BCUT2D eigenvalue weighted by Crippen LogP contribution is 2.26. The van der Waals surface area contributed by atoms with Crippen molar-refractivity contribution in [2.24, 2.45) is 0 Å². The first-order chi connectivity index (χ1) is 13.5. The molecule has 2 atom stereocenters. The van der Waals surface area contributed by atoms with Gasteiger partial charge in [0.1, 0.15) is 11.9 Å². The zero-order valence-electron chi connectivity index (χ0n) is 15.4. The highest BCUT2D eigenvalue weighted by atomic mass is 79.9. The van der Waals surface area contributed by atoms with Gasteiger partial charge in [0.05, 0.1) is 29.3 Å². The van der Waals surface area contributed by atoms with Crippen molar-refractivity contribution in [2.45, 2.75) is 44.7 Å². The third kappa shape index (κ3) is 4.89. The van der Waals surface area contributed by atoms with Crippen LogP contribution in [0.15, 0.2) is 28.9 Å². The van der Waals surface area contributed by atoms with Crippen LogP contribution >= 0.6 is 15.9 Å². The van der Waals surface area contributed by atoms with Gasteiger partial charge < -0.3 is 21.1 Å². The minimum absolute atomic E-state index is 0.0273. The van der Waals surface area contributed by atoms with Crippen LogP contribution in [0.1, 0.15) is 37.1 Å². The molecule has 1 amide bonds. The van der Waals surface area contributed by atoms with E-state index in [1.165, 1.54) is 0 Å². The average molecular weight is 445 g/mol. The van der Waals surface area contributed by atoms with E-state index in [0.717, 1.165) is 41.5 Å². The molecule has 1 aliphatic rings. The summed E-state index contributed by atoms with van der Waals surface area (Å²) in [6, 6.07) is 7.39. The fraction of sp³-hybridized carbons (Fsp3) is 0.368. The van der Waals surface area contributed by atoms with E-state index in [1.807, 2.05) is 19.1 Å². The Hall–Kier alpha value is -2.86. The fourth-order valence-corrected chi connectivity index (χ4v) is 3.55. The van der Waals surface area contributed by atoms with Gasteiger partial charge in [-0.2, -0.15) is 5.26 Å². The van der Waals surface area contributed by atoms with Gasteiger partial charge in [-0.3, -0.25) is 0 Å². The Morgan fingerprint density at radius 2 is 2.07 bits per heavy atom. The van der Waals surface area contributed by atoms with E-state index in [-0.39, 0.29) is 17.8 Å². The molecule has 8 nitrogen and oxygen atoms in total. The zero-order chi connectivity index (χ0) is 20.1.